The first-order valence-electron chi connectivity index (χ1n) is 10.1. The van der Waals surface area contributed by atoms with Crippen molar-refractivity contribution in [2.45, 2.75) is 26.2 Å². The highest BCUT2D eigenvalue weighted by atomic mass is 35.5. The van der Waals surface area contributed by atoms with Gasteiger partial charge in [-0.15, -0.1) is 0 Å². The molecular weight excluding hydrogens is 402 g/mol. The number of likely N-dealkylation sites (N-methyl/N-ethyl adjacent to an activating group) is 1. The second-order valence-corrected chi connectivity index (χ2v) is 7.64. The number of hydrogen-bond acceptors (Lipinski definition) is 7. The van der Waals surface area contributed by atoms with Crippen molar-refractivity contribution in [1.29, 1.82) is 5.26 Å². The molecule has 3 heterocycles. The number of anilines is 1. The van der Waals surface area contributed by atoms with Gasteiger partial charge in [0.25, 0.3) is 0 Å². The van der Waals surface area contributed by atoms with Gasteiger partial charge in [-0.3, -0.25) is 0 Å². The summed E-state index contributed by atoms with van der Waals surface area (Å²) in [5.41, 5.74) is 3.87. The van der Waals surface area contributed by atoms with Crippen molar-refractivity contribution < 1.29 is 4.74 Å². The van der Waals surface area contributed by atoms with Gasteiger partial charge in [-0.1, -0.05) is 18.5 Å². The van der Waals surface area contributed by atoms with Gasteiger partial charge in [0.05, 0.1) is 23.5 Å². The van der Waals surface area contributed by atoms with Crippen LogP contribution in [-0.2, 0) is 6.42 Å². The normalized spacial score (nSPS) is 14.5. The molecule has 1 aliphatic heterocycles. The number of likely N-dealkylation sites (tertiary alicyclic amines) is 1. The SMILES string of the molecule is CCOc1c(CCNc2ncnc3nc[nH]c23)cc(Cl)c(C#N)c1C1CN(CC)C1. The summed E-state index contributed by atoms with van der Waals surface area (Å²) < 4.78 is 6.05. The van der Waals surface area contributed by atoms with Crippen molar-refractivity contribution in [1.82, 2.24) is 24.8 Å². The van der Waals surface area contributed by atoms with E-state index in [4.69, 9.17) is 16.3 Å². The number of halogens is 1. The third-order valence-electron chi connectivity index (χ3n) is 5.47. The maximum atomic E-state index is 9.74. The van der Waals surface area contributed by atoms with Gasteiger partial charge in [0.1, 0.15) is 23.7 Å². The molecule has 3 aromatic rings. The molecule has 0 spiro atoms. The van der Waals surface area contributed by atoms with Crippen LogP contribution in [0.4, 0.5) is 5.82 Å². The van der Waals surface area contributed by atoms with Crippen molar-refractivity contribution in [3.8, 4) is 11.8 Å². The summed E-state index contributed by atoms with van der Waals surface area (Å²) in [6.07, 6.45) is 3.77. The van der Waals surface area contributed by atoms with Gasteiger partial charge in [0, 0.05) is 31.1 Å². The number of rotatable bonds is 8. The Kier molecular flexibility index (Phi) is 6.02. The molecule has 0 aliphatic carbocycles. The topological polar surface area (TPSA) is 103 Å². The van der Waals surface area contributed by atoms with Crippen molar-refractivity contribution in [2.75, 3.05) is 38.1 Å². The maximum absolute atomic E-state index is 9.74. The molecule has 0 atom stereocenters. The van der Waals surface area contributed by atoms with E-state index in [0.29, 0.717) is 41.6 Å². The lowest BCUT2D eigenvalue weighted by Gasteiger charge is -2.40. The van der Waals surface area contributed by atoms with Gasteiger partial charge in [-0.25, -0.2) is 15.0 Å². The van der Waals surface area contributed by atoms with E-state index in [1.165, 1.54) is 6.33 Å². The third kappa shape index (κ3) is 3.78. The van der Waals surface area contributed by atoms with Gasteiger partial charge in [-0.05, 0) is 31.5 Å². The fourth-order valence-corrected chi connectivity index (χ4v) is 4.21. The Balaban J connectivity index is 1.60. The van der Waals surface area contributed by atoms with Crippen LogP contribution in [0.2, 0.25) is 5.02 Å². The smallest absolute Gasteiger partial charge is 0.182 e. The summed E-state index contributed by atoms with van der Waals surface area (Å²) >= 11 is 6.52. The first kappa shape index (κ1) is 20.4. The molecule has 9 heteroatoms. The molecule has 0 saturated carbocycles. The minimum absolute atomic E-state index is 0.262. The molecule has 30 heavy (non-hydrogen) atoms. The number of aromatic nitrogens is 4. The Morgan fingerprint density at radius 3 is 2.90 bits per heavy atom. The molecule has 2 N–H and O–H groups in total. The Labute approximate surface area is 180 Å². The Bertz CT molecular complexity index is 1080. The van der Waals surface area contributed by atoms with Gasteiger partial charge in [-0.2, -0.15) is 5.26 Å². The van der Waals surface area contributed by atoms with Crippen LogP contribution in [0, 0.1) is 11.3 Å². The largest absolute Gasteiger partial charge is 0.493 e. The van der Waals surface area contributed by atoms with Crippen LogP contribution in [0.3, 0.4) is 0 Å². The minimum Gasteiger partial charge on any atom is -0.493 e. The molecule has 0 bridgehead atoms. The predicted molar refractivity (Wildman–Crippen MR) is 116 cm³/mol. The van der Waals surface area contributed by atoms with Crippen LogP contribution in [0.1, 0.15) is 36.5 Å². The van der Waals surface area contributed by atoms with Crippen molar-refractivity contribution in [2.24, 2.45) is 0 Å². The number of benzene rings is 1. The number of nitriles is 1. The van der Waals surface area contributed by atoms with E-state index in [2.05, 4.69) is 43.1 Å². The molecule has 8 nitrogen and oxygen atoms in total. The number of H-pyrrole nitrogens is 1. The number of imidazole rings is 1. The maximum Gasteiger partial charge on any atom is 0.182 e. The second kappa shape index (κ2) is 8.86. The molecular formula is C21H24ClN7O. The lowest BCUT2D eigenvalue weighted by atomic mass is 9.85. The summed E-state index contributed by atoms with van der Waals surface area (Å²) in [6.45, 7) is 8.10. The fourth-order valence-electron chi connectivity index (χ4n) is 3.93. The fraction of sp³-hybridized carbons (Fsp3) is 0.429. The molecule has 0 unspecified atom stereocenters. The van der Waals surface area contributed by atoms with Crippen LogP contribution in [0.15, 0.2) is 18.7 Å². The number of hydrogen-bond donors (Lipinski definition) is 2. The van der Waals surface area contributed by atoms with Crippen molar-refractivity contribution >= 4 is 28.6 Å². The van der Waals surface area contributed by atoms with E-state index in [0.717, 1.165) is 42.0 Å². The lowest BCUT2D eigenvalue weighted by Crippen LogP contribution is -2.45. The molecule has 1 aliphatic rings. The van der Waals surface area contributed by atoms with Crippen LogP contribution >= 0.6 is 11.6 Å². The Morgan fingerprint density at radius 2 is 2.17 bits per heavy atom. The van der Waals surface area contributed by atoms with Crippen LogP contribution in [0.25, 0.3) is 11.2 Å². The van der Waals surface area contributed by atoms with Gasteiger partial charge in [0.2, 0.25) is 0 Å². The number of fused-ring (bicyclic) bond motifs is 1. The quantitative estimate of drug-likeness (QED) is 0.570. The van der Waals surface area contributed by atoms with E-state index in [-0.39, 0.29) is 5.92 Å². The number of ether oxygens (including phenoxy) is 1. The molecule has 4 rings (SSSR count). The molecule has 2 aromatic heterocycles. The van der Waals surface area contributed by atoms with E-state index in [9.17, 15) is 5.26 Å². The number of aromatic amines is 1. The number of nitrogens with one attached hydrogen (secondary N) is 2. The van der Waals surface area contributed by atoms with E-state index in [1.807, 2.05) is 13.0 Å². The van der Waals surface area contributed by atoms with E-state index >= 15 is 0 Å². The number of nitrogens with zero attached hydrogens (tertiary/aromatic N) is 5. The summed E-state index contributed by atoms with van der Waals surface area (Å²) in [5, 5.41) is 13.6. The summed E-state index contributed by atoms with van der Waals surface area (Å²) in [6, 6.07) is 4.16. The minimum atomic E-state index is 0.262. The van der Waals surface area contributed by atoms with Gasteiger partial charge >= 0.3 is 0 Å². The second-order valence-electron chi connectivity index (χ2n) is 7.23. The molecule has 1 saturated heterocycles. The molecule has 156 valence electrons. The molecule has 0 radical (unpaired) electrons. The van der Waals surface area contributed by atoms with Crippen LogP contribution in [-0.4, -0.2) is 57.6 Å². The molecule has 0 amide bonds. The lowest BCUT2D eigenvalue weighted by molar-refractivity contribution is 0.154. The van der Waals surface area contributed by atoms with Crippen LogP contribution in [0.5, 0.6) is 5.75 Å². The highest BCUT2D eigenvalue weighted by molar-refractivity contribution is 6.32. The predicted octanol–water partition coefficient (Wildman–Crippen LogP) is 3.35. The Morgan fingerprint density at radius 1 is 1.33 bits per heavy atom. The third-order valence-corrected chi connectivity index (χ3v) is 5.77. The zero-order chi connectivity index (χ0) is 21.1. The first-order chi connectivity index (χ1) is 14.7. The van der Waals surface area contributed by atoms with E-state index in [1.54, 1.807) is 6.33 Å². The summed E-state index contributed by atoms with van der Waals surface area (Å²) in [7, 11) is 0. The van der Waals surface area contributed by atoms with Crippen molar-refractivity contribution in [3.63, 3.8) is 0 Å². The average Bonchev–Trinajstić information content (AvgIpc) is 3.19. The summed E-state index contributed by atoms with van der Waals surface area (Å²) in [5.74, 6) is 1.77. The zero-order valence-electron chi connectivity index (χ0n) is 17.1. The monoisotopic (exact) mass is 425 g/mol. The zero-order valence-corrected chi connectivity index (χ0v) is 17.8. The Hall–Kier alpha value is -2.89. The standard InChI is InChI=1S/C21H24ClN7O/c1-3-29-9-14(10-29)17-15(8-23)16(22)7-13(19(17)30-4-2)5-6-24-20-18-21(26-11-25-18)28-12-27-20/h7,11-12,14H,3-6,9-10H2,1-2H3,(H2,24,25,26,27,28). The van der Waals surface area contributed by atoms with Crippen molar-refractivity contribution in [3.05, 3.63) is 40.4 Å². The molecule has 1 aromatic carbocycles. The van der Waals surface area contributed by atoms with Gasteiger partial charge in [0.15, 0.2) is 11.5 Å². The highest BCUT2D eigenvalue weighted by Gasteiger charge is 2.33. The highest BCUT2D eigenvalue weighted by Crippen LogP contribution is 2.41. The average molecular weight is 426 g/mol. The van der Waals surface area contributed by atoms with Crippen LogP contribution < -0.4 is 10.1 Å². The van der Waals surface area contributed by atoms with Gasteiger partial charge < -0.3 is 19.9 Å². The summed E-state index contributed by atoms with van der Waals surface area (Å²) in [4.78, 5) is 18.0. The van der Waals surface area contributed by atoms with E-state index < -0.39 is 0 Å². The molecule has 1 fully saturated rings. The first-order valence-corrected chi connectivity index (χ1v) is 10.5.